The van der Waals surface area contributed by atoms with Crippen molar-refractivity contribution in [2.24, 2.45) is 0 Å². The zero-order valence-corrected chi connectivity index (χ0v) is 17.3. The van der Waals surface area contributed by atoms with Crippen molar-refractivity contribution in [3.05, 3.63) is 75.4 Å². The molecule has 2 aromatic rings. The summed E-state index contributed by atoms with van der Waals surface area (Å²) in [6.07, 6.45) is 0. The number of thioether (sulfide) groups is 1. The number of benzene rings is 2. The van der Waals surface area contributed by atoms with Crippen molar-refractivity contribution in [2.75, 3.05) is 12.4 Å². The van der Waals surface area contributed by atoms with Gasteiger partial charge in [-0.3, -0.25) is 0 Å². The minimum absolute atomic E-state index is 0.237. The van der Waals surface area contributed by atoms with Crippen molar-refractivity contribution in [3.8, 4) is 0 Å². The highest BCUT2D eigenvalue weighted by atomic mass is 35.5. The Hall–Kier alpha value is -2.15. The van der Waals surface area contributed by atoms with Crippen molar-refractivity contribution in [1.29, 1.82) is 0 Å². The number of halogens is 2. The summed E-state index contributed by atoms with van der Waals surface area (Å²) in [5, 5.41) is 6.77. The number of esters is 1. The Labute approximate surface area is 177 Å². The molecule has 0 saturated carbocycles. The Morgan fingerprint density at radius 2 is 1.68 bits per heavy atom. The van der Waals surface area contributed by atoms with Gasteiger partial charge in [0.2, 0.25) is 0 Å². The number of urea groups is 1. The molecule has 1 unspecified atom stereocenters. The first-order valence-corrected chi connectivity index (χ1v) is 10.3. The fourth-order valence-corrected chi connectivity index (χ4v) is 3.89. The van der Waals surface area contributed by atoms with Crippen LogP contribution in [0.25, 0.3) is 0 Å². The van der Waals surface area contributed by atoms with Crippen molar-refractivity contribution >= 4 is 47.0 Å². The third kappa shape index (κ3) is 5.01. The van der Waals surface area contributed by atoms with E-state index in [0.29, 0.717) is 27.1 Å². The van der Waals surface area contributed by atoms with E-state index in [0.717, 1.165) is 10.5 Å². The first-order valence-electron chi connectivity index (χ1n) is 8.59. The van der Waals surface area contributed by atoms with E-state index in [4.69, 9.17) is 27.9 Å². The molecule has 3 rings (SSSR count). The Bertz CT molecular complexity index is 899. The van der Waals surface area contributed by atoms with Crippen molar-refractivity contribution in [3.63, 3.8) is 0 Å². The second-order valence-electron chi connectivity index (χ2n) is 5.94. The van der Waals surface area contributed by atoms with Gasteiger partial charge < -0.3 is 15.4 Å². The highest BCUT2D eigenvalue weighted by Gasteiger charge is 2.33. The first-order chi connectivity index (χ1) is 13.5. The number of amides is 2. The summed E-state index contributed by atoms with van der Waals surface area (Å²) < 4.78 is 5.25. The van der Waals surface area contributed by atoms with E-state index in [9.17, 15) is 9.59 Å². The zero-order valence-electron chi connectivity index (χ0n) is 15.0. The van der Waals surface area contributed by atoms with Crippen LogP contribution in [-0.4, -0.2) is 24.4 Å². The molecule has 8 heteroatoms. The van der Waals surface area contributed by atoms with Gasteiger partial charge in [-0.15, -0.1) is 11.8 Å². The molecule has 146 valence electrons. The number of ether oxygens (including phenoxy) is 1. The minimum Gasteiger partial charge on any atom is -0.463 e. The van der Waals surface area contributed by atoms with Crippen LogP contribution in [0.4, 0.5) is 4.79 Å². The molecule has 1 aliphatic rings. The Kier molecular flexibility index (Phi) is 6.88. The van der Waals surface area contributed by atoms with Crippen molar-refractivity contribution < 1.29 is 14.3 Å². The van der Waals surface area contributed by atoms with Crippen LogP contribution in [0.5, 0.6) is 0 Å². The van der Waals surface area contributed by atoms with E-state index in [-0.39, 0.29) is 12.6 Å². The summed E-state index contributed by atoms with van der Waals surface area (Å²) in [7, 11) is 0. The van der Waals surface area contributed by atoms with Crippen LogP contribution in [0.15, 0.2) is 64.7 Å². The maximum absolute atomic E-state index is 12.7. The standard InChI is InChI=1S/C20H18Cl2N2O3S/c1-2-27-19(25)17-16(11-28-15-9-7-14(22)8-10-15)23-20(26)24-18(17)12-3-5-13(21)6-4-12/h3-10,18H,2,11H2,1H3,(H2,23,24,26). The summed E-state index contributed by atoms with van der Waals surface area (Å²) in [6, 6.07) is 13.4. The Morgan fingerprint density at radius 3 is 2.29 bits per heavy atom. The molecule has 0 radical (unpaired) electrons. The summed E-state index contributed by atoms with van der Waals surface area (Å²) in [5.41, 5.74) is 1.64. The van der Waals surface area contributed by atoms with Gasteiger partial charge in [0.05, 0.1) is 18.2 Å². The van der Waals surface area contributed by atoms with Crippen LogP contribution in [0, 0.1) is 0 Å². The summed E-state index contributed by atoms with van der Waals surface area (Å²) >= 11 is 13.4. The number of carbonyl (C=O) groups excluding carboxylic acids is 2. The van der Waals surface area contributed by atoms with Gasteiger partial charge in [0.25, 0.3) is 0 Å². The number of rotatable bonds is 6. The molecular formula is C20H18Cl2N2O3S. The predicted molar refractivity (Wildman–Crippen MR) is 112 cm³/mol. The molecule has 0 spiro atoms. The molecule has 1 atom stereocenters. The van der Waals surface area contributed by atoms with E-state index in [1.807, 2.05) is 12.1 Å². The average molecular weight is 437 g/mol. The van der Waals surface area contributed by atoms with Gasteiger partial charge in [0.1, 0.15) is 0 Å². The predicted octanol–water partition coefficient (Wildman–Crippen LogP) is 4.96. The molecule has 5 nitrogen and oxygen atoms in total. The van der Waals surface area contributed by atoms with Gasteiger partial charge in [-0.2, -0.15) is 0 Å². The quantitative estimate of drug-likeness (QED) is 0.496. The smallest absolute Gasteiger partial charge is 0.338 e. The van der Waals surface area contributed by atoms with E-state index >= 15 is 0 Å². The van der Waals surface area contributed by atoms with Crippen LogP contribution in [0.2, 0.25) is 10.0 Å². The highest BCUT2D eigenvalue weighted by Crippen LogP contribution is 2.31. The Morgan fingerprint density at radius 1 is 1.07 bits per heavy atom. The largest absolute Gasteiger partial charge is 0.463 e. The third-order valence-corrected chi connectivity index (χ3v) is 5.59. The molecular weight excluding hydrogens is 419 g/mol. The summed E-state index contributed by atoms with van der Waals surface area (Å²) in [5.74, 6) is -0.0746. The molecule has 0 fully saturated rings. The molecule has 0 aromatic heterocycles. The van der Waals surface area contributed by atoms with Gasteiger partial charge >= 0.3 is 12.0 Å². The molecule has 1 heterocycles. The lowest BCUT2D eigenvalue weighted by Gasteiger charge is -2.29. The van der Waals surface area contributed by atoms with Crippen LogP contribution in [-0.2, 0) is 9.53 Å². The van der Waals surface area contributed by atoms with Gasteiger partial charge in [-0.05, 0) is 48.9 Å². The molecule has 2 amide bonds. The first kappa shape index (κ1) is 20.6. The van der Waals surface area contributed by atoms with E-state index < -0.39 is 12.0 Å². The monoisotopic (exact) mass is 436 g/mol. The van der Waals surface area contributed by atoms with Gasteiger partial charge in [-0.25, -0.2) is 9.59 Å². The molecule has 0 saturated heterocycles. The number of hydrogen-bond donors (Lipinski definition) is 2. The third-order valence-electron chi connectivity index (χ3n) is 4.05. The van der Waals surface area contributed by atoms with Crippen LogP contribution in [0.3, 0.4) is 0 Å². The molecule has 0 bridgehead atoms. The molecule has 2 N–H and O–H groups in total. The Balaban J connectivity index is 1.94. The normalized spacial score (nSPS) is 16.4. The van der Waals surface area contributed by atoms with Gasteiger partial charge in [-0.1, -0.05) is 35.3 Å². The lowest BCUT2D eigenvalue weighted by molar-refractivity contribution is -0.139. The van der Waals surface area contributed by atoms with Crippen molar-refractivity contribution in [2.45, 2.75) is 17.9 Å². The number of nitrogens with one attached hydrogen (secondary N) is 2. The molecule has 28 heavy (non-hydrogen) atoms. The second-order valence-corrected chi connectivity index (χ2v) is 7.86. The van der Waals surface area contributed by atoms with Crippen LogP contribution in [0.1, 0.15) is 18.5 Å². The fourth-order valence-electron chi connectivity index (χ4n) is 2.77. The van der Waals surface area contributed by atoms with Crippen LogP contribution < -0.4 is 10.6 Å². The lowest BCUT2D eigenvalue weighted by atomic mass is 9.95. The lowest BCUT2D eigenvalue weighted by Crippen LogP contribution is -2.46. The summed E-state index contributed by atoms with van der Waals surface area (Å²) in [4.78, 5) is 25.9. The van der Waals surface area contributed by atoms with E-state index in [1.54, 1.807) is 43.3 Å². The topological polar surface area (TPSA) is 67.4 Å². The molecule has 2 aromatic carbocycles. The SMILES string of the molecule is CCOC(=O)C1=C(CSc2ccc(Cl)cc2)NC(=O)NC1c1ccc(Cl)cc1. The van der Waals surface area contributed by atoms with Crippen molar-refractivity contribution in [1.82, 2.24) is 10.6 Å². The number of hydrogen-bond acceptors (Lipinski definition) is 4. The maximum Gasteiger partial charge on any atom is 0.338 e. The van der Waals surface area contributed by atoms with Gasteiger partial charge in [0, 0.05) is 26.4 Å². The number of carbonyl (C=O) groups is 2. The minimum atomic E-state index is -0.620. The van der Waals surface area contributed by atoms with Crippen LogP contribution >= 0.6 is 35.0 Å². The maximum atomic E-state index is 12.7. The van der Waals surface area contributed by atoms with E-state index in [1.165, 1.54) is 11.8 Å². The molecule has 1 aliphatic heterocycles. The highest BCUT2D eigenvalue weighted by molar-refractivity contribution is 7.99. The zero-order chi connectivity index (χ0) is 20.1. The van der Waals surface area contributed by atoms with E-state index in [2.05, 4.69) is 10.6 Å². The average Bonchev–Trinajstić information content (AvgIpc) is 2.68. The fraction of sp³-hybridized carbons (Fsp3) is 0.200. The van der Waals surface area contributed by atoms with Gasteiger partial charge in [0.15, 0.2) is 0 Å². The second kappa shape index (κ2) is 9.37. The summed E-state index contributed by atoms with van der Waals surface area (Å²) in [6.45, 7) is 1.98. The molecule has 0 aliphatic carbocycles.